The van der Waals surface area contributed by atoms with Gasteiger partial charge in [-0.1, -0.05) is 103 Å². The molecule has 4 nitrogen and oxygen atoms in total. The number of aromatic hydroxyl groups is 1. The van der Waals surface area contributed by atoms with E-state index in [0.717, 1.165) is 12.8 Å². The first kappa shape index (κ1) is 24.5. The molecule has 0 saturated carbocycles. The van der Waals surface area contributed by atoms with Gasteiger partial charge in [-0.15, -0.1) is 0 Å². The van der Waals surface area contributed by atoms with E-state index >= 15 is 0 Å². The summed E-state index contributed by atoms with van der Waals surface area (Å²) in [5, 5.41) is 9.33. The Morgan fingerprint density at radius 1 is 0.821 bits per heavy atom. The number of esters is 1. The molecule has 160 valence electrons. The molecule has 0 unspecified atom stereocenters. The van der Waals surface area contributed by atoms with Crippen LogP contribution in [-0.2, 0) is 4.74 Å². The highest BCUT2D eigenvalue weighted by Crippen LogP contribution is 2.14. The van der Waals surface area contributed by atoms with Gasteiger partial charge < -0.3 is 9.84 Å². The lowest BCUT2D eigenvalue weighted by Gasteiger charge is -2.05. The minimum Gasteiger partial charge on any atom is -0.508 e. The van der Waals surface area contributed by atoms with E-state index in [9.17, 15) is 9.90 Å². The summed E-state index contributed by atoms with van der Waals surface area (Å²) in [6, 6.07) is 2.77. The molecule has 1 heterocycles. The molecule has 0 aromatic carbocycles. The smallest absolute Gasteiger partial charge is 0.357 e. The van der Waals surface area contributed by atoms with Crippen molar-refractivity contribution < 1.29 is 14.6 Å². The normalized spacial score (nSPS) is 10.9. The van der Waals surface area contributed by atoms with Gasteiger partial charge in [-0.3, -0.25) is 0 Å². The number of hydrogen-bond acceptors (Lipinski definition) is 4. The number of ether oxygens (including phenoxy) is 1. The number of rotatable bonds is 18. The average Bonchev–Trinajstić information content (AvgIpc) is 2.70. The zero-order chi connectivity index (χ0) is 20.3. The van der Waals surface area contributed by atoms with Crippen LogP contribution in [0.1, 0.15) is 120 Å². The number of nitrogens with zero attached hydrogens (tertiary/aromatic N) is 1. The van der Waals surface area contributed by atoms with E-state index in [4.69, 9.17) is 4.74 Å². The Balaban J connectivity index is 1.79. The molecule has 1 rings (SSSR count). The van der Waals surface area contributed by atoms with Crippen LogP contribution in [0.3, 0.4) is 0 Å². The molecule has 0 aliphatic heterocycles. The third kappa shape index (κ3) is 13.6. The molecule has 0 amide bonds. The minimum absolute atomic E-state index is 0.0318. The fourth-order valence-electron chi connectivity index (χ4n) is 3.42. The van der Waals surface area contributed by atoms with Gasteiger partial charge >= 0.3 is 5.97 Å². The molecule has 0 spiro atoms. The Morgan fingerprint density at radius 2 is 1.29 bits per heavy atom. The number of unbranched alkanes of at least 4 members (excludes halogenated alkanes) is 15. The predicted molar refractivity (Wildman–Crippen MR) is 116 cm³/mol. The van der Waals surface area contributed by atoms with E-state index in [0.29, 0.717) is 6.61 Å². The molecular formula is C24H41NO3. The van der Waals surface area contributed by atoms with Crippen molar-refractivity contribution >= 4 is 5.97 Å². The number of carbonyl (C=O) groups excluding carboxylic acids is 1. The molecule has 0 aliphatic rings. The molecule has 28 heavy (non-hydrogen) atoms. The van der Waals surface area contributed by atoms with Gasteiger partial charge in [0.05, 0.1) is 6.61 Å². The van der Waals surface area contributed by atoms with E-state index in [1.165, 1.54) is 108 Å². The van der Waals surface area contributed by atoms with Crippen molar-refractivity contribution in [1.82, 2.24) is 4.98 Å². The summed E-state index contributed by atoms with van der Waals surface area (Å²) in [5.41, 5.74) is 0.163. The van der Waals surface area contributed by atoms with Crippen LogP contribution < -0.4 is 0 Å². The lowest BCUT2D eigenvalue weighted by Crippen LogP contribution is -2.08. The van der Waals surface area contributed by atoms with E-state index < -0.39 is 5.97 Å². The molecule has 1 aromatic heterocycles. The van der Waals surface area contributed by atoms with Crippen molar-refractivity contribution in [3.8, 4) is 5.75 Å². The summed E-state index contributed by atoms with van der Waals surface area (Å²) in [7, 11) is 0. The summed E-state index contributed by atoms with van der Waals surface area (Å²) >= 11 is 0. The maximum absolute atomic E-state index is 11.8. The molecule has 1 N–H and O–H groups in total. The van der Waals surface area contributed by atoms with Gasteiger partial charge in [0, 0.05) is 12.3 Å². The third-order valence-corrected chi connectivity index (χ3v) is 5.18. The largest absolute Gasteiger partial charge is 0.508 e. The van der Waals surface area contributed by atoms with Gasteiger partial charge in [0.25, 0.3) is 0 Å². The molecule has 0 saturated heterocycles. The Labute approximate surface area is 172 Å². The summed E-state index contributed by atoms with van der Waals surface area (Å²) in [5.74, 6) is -0.429. The van der Waals surface area contributed by atoms with Crippen molar-refractivity contribution in [3.63, 3.8) is 0 Å². The van der Waals surface area contributed by atoms with Crippen LogP contribution in [-0.4, -0.2) is 22.7 Å². The third-order valence-electron chi connectivity index (χ3n) is 5.18. The Morgan fingerprint density at radius 3 is 1.75 bits per heavy atom. The number of pyridine rings is 1. The molecule has 0 atom stereocenters. The topological polar surface area (TPSA) is 59.4 Å². The Kier molecular flexibility index (Phi) is 15.3. The van der Waals surface area contributed by atoms with Gasteiger partial charge in [0.15, 0.2) is 5.69 Å². The van der Waals surface area contributed by atoms with Gasteiger partial charge in [0.1, 0.15) is 5.75 Å². The maximum Gasteiger partial charge on any atom is 0.357 e. The van der Waals surface area contributed by atoms with E-state index in [-0.39, 0.29) is 11.4 Å². The van der Waals surface area contributed by atoms with Crippen LogP contribution in [0.5, 0.6) is 5.75 Å². The second-order valence-corrected chi connectivity index (χ2v) is 7.84. The van der Waals surface area contributed by atoms with Gasteiger partial charge in [-0.05, 0) is 12.5 Å². The van der Waals surface area contributed by atoms with Gasteiger partial charge in [0.2, 0.25) is 0 Å². The standard InChI is InChI=1S/C24H41NO3/c1-2-3-4-5-6-7-8-9-10-11-12-13-14-15-16-17-20-28-24(27)23-21-22(26)18-19-25-23/h18-19,21H,2-17,20H2,1H3,(H,25,26). The maximum atomic E-state index is 11.8. The number of hydrogen-bond donors (Lipinski definition) is 1. The summed E-state index contributed by atoms with van der Waals surface area (Å²) in [4.78, 5) is 15.7. The zero-order valence-corrected chi connectivity index (χ0v) is 18.0. The zero-order valence-electron chi connectivity index (χ0n) is 18.0. The molecule has 0 fully saturated rings. The second kappa shape index (κ2) is 17.5. The monoisotopic (exact) mass is 391 g/mol. The van der Waals surface area contributed by atoms with Crippen molar-refractivity contribution in [3.05, 3.63) is 24.0 Å². The van der Waals surface area contributed by atoms with Crippen LogP contribution in [0.4, 0.5) is 0 Å². The van der Waals surface area contributed by atoms with Crippen LogP contribution in [0, 0.1) is 0 Å². The van der Waals surface area contributed by atoms with Crippen LogP contribution in [0.2, 0.25) is 0 Å². The second-order valence-electron chi connectivity index (χ2n) is 7.84. The van der Waals surface area contributed by atoms with Crippen LogP contribution in [0.15, 0.2) is 18.3 Å². The van der Waals surface area contributed by atoms with Crippen molar-refractivity contribution in [2.45, 2.75) is 110 Å². The Bertz CT molecular complexity index is 504. The van der Waals surface area contributed by atoms with Gasteiger partial charge in [-0.25, -0.2) is 9.78 Å². The van der Waals surface area contributed by atoms with Crippen molar-refractivity contribution in [2.24, 2.45) is 0 Å². The van der Waals surface area contributed by atoms with Crippen LogP contribution >= 0.6 is 0 Å². The molecule has 0 bridgehead atoms. The first-order valence-corrected chi connectivity index (χ1v) is 11.6. The number of carbonyl (C=O) groups is 1. The van der Waals surface area contributed by atoms with E-state index in [2.05, 4.69) is 11.9 Å². The summed E-state index contributed by atoms with van der Waals surface area (Å²) in [6.07, 6.45) is 22.6. The van der Waals surface area contributed by atoms with Gasteiger partial charge in [-0.2, -0.15) is 0 Å². The highest BCUT2D eigenvalue weighted by Gasteiger charge is 2.08. The van der Waals surface area contributed by atoms with E-state index in [1.54, 1.807) is 0 Å². The van der Waals surface area contributed by atoms with Crippen molar-refractivity contribution in [2.75, 3.05) is 6.61 Å². The quantitative estimate of drug-likeness (QED) is 0.212. The van der Waals surface area contributed by atoms with Crippen LogP contribution in [0.25, 0.3) is 0 Å². The first-order chi connectivity index (χ1) is 13.7. The molecule has 1 aromatic rings. The minimum atomic E-state index is -0.461. The fraction of sp³-hybridized carbons (Fsp3) is 0.750. The highest BCUT2D eigenvalue weighted by atomic mass is 16.5. The molecular weight excluding hydrogens is 350 g/mol. The first-order valence-electron chi connectivity index (χ1n) is 11.6. The summed E-state index contributed by atoms with van der Waals surface area (Å²) < 4.78 is 5.19. The molecule has 4 heteroatoms. The lowest BCUT2D eigenvalue weighted by atomic mass is 10.0. The average molecular weight is 392 g/mol. The SMILES string of the molecule is CCCCCCCCCCCCCCCCCCOC(=O)c1cc(O)ccn1. The van der Waals surface area contributed by atoms with Crippen molar-refractivity contribution in [1.29, 1.82) is 0 Å². The molecule has 0 aliphatic carbocycles. The van der Waals surface area contributed by atoms with E-state index in [1.807, 2.05) is 0 Å². The fourth-order valence-corrected chi connectivity index (χ4v) is 3.42. The predicted octanol–water partition coefficient (Wildman–Crippen LogP) is 7.21. The number of aromatic nitrogens is 1. The molecule has 0 radical (unpaired) electrons. The Hall–Kier alpha value is -1.58. The highest BCUT2D eigenvalue weighted by molar-refractivity contribution is 5.87. The summed E-state index contributed by atoms with van der Waals surface area (Å²) in [6.45, 7) is 2.70. The lowest BCUT2D eigenvalue weighted by molar-refractivity contribution is 0.0490.